The Hall–Kier alpha value is -3.55. The van der Waals surface area contributed by atoms with Crippen molar-refractivity contribution in [2.24, 2.45) is 0 Å². The van der Waals surface area contributed by atoms with E-state index in [0.29, 0.717) is 6.07 Å². The Morgan fingerprint density at radius 3 is 2.50 bits per heavy atom. The molecule has 0 aliphatic rings. The molecule has 2 aromatic carbocycles. The summed E-state index contributed by atoms with van der Waals surface area (Å²) in [5, 5.41) is 6.39. The molecule has 8 heteroatoms. The van der Waals surface area contributed by atoms with Gasteiger partial charge in [0.2, 0.25) is 0 Å². The van der Waals surface area contributed by atoms with E-state index in [1.54, 1.807) is 18.3 Å². The molecule has 1 amide bonds. The second-order valence-electron chi connectivity index (χ2n) is 5.24. The summed E-state index contributed by atoms with van der Waals surface area (Å²) in [5.74, 6) is -3.79. The van der Waals surface area contributed by atoms with Crippen molar-refractivity contribution in [3.63, 3.8) is 0 Å². The van der Waals surface area contributed by atoms with E-state index in [-0.39, 0.29) is 11.4 Å². The van der Waals surface area contributed by atoms with Crippen LogP contribution < -0.4 is 5.32 Å². The molecule has 0 fully saturated rings. The molecule has 0 saturated carbocycles. The molecular formula is C18H13F2N3O3. The van der Waals surface area contributed by atoms with Crippen LogP contribution in [0.1, 0.15) is 20.8 Å². The molecule has 3 aromatic rings. The van der Waals surface area contributed by atoms with Gasteiger partial charge in [0.15, 0.2) is 5.69 Å². The summed E-state index contributed by atoms with van der Waals surface area (Å²) in [5.41, 5.74) is -0.0743. The lowest BCUT2D eigenvalue weighted by Crippen LogP contribution is -2.15. The third-order valence-electron chi connectivity index (χ3n) is 3.55. The van der Waals surface area contributed by atoms with Gasteiger partial charge >= 0.3 is 5.97 Å². The Bertz CT molecular complexity index is 971. The van der Waals surface area contributed by atoms with E-state index in [4.69, 9.17) is 0 Å². The number of benzene rings is 2. The fourth-order valence-electron chi connectivity index (χ4n) is 2.27. The molecule has 132 valence electrons. The first-order chi connectivity index (χ1) is 12.5. The number of hydrogen-bond donors (Lipinski definition) is 1. The molecule has 1 N–H and O–H groups in total. The first-order valence-electron chi connectivity index (χ1n) is 7.49. The van der Waals surface area contributed by atoms with Crippen molar-refractivity contribution >= 4 is 17.6 Å². The maximum Gasteiger partial charge on any atom is 0.340 e. The Morgan fingerprint density at radius 1 is 1.08 bits per heavy atom. The van der Waals surface area contributed by atoms with Gasteiger partial charge in [-0.1, -0.05) is 18.2 Å². The summed E-state index contributed by atoms with van der Waals surface area (Å²) >= 11 is 0. The molecular weight excluding hydrogens is 344 g/mol. The molecule has 0 spiro atoms. The van der Waals surface area contributed by atoms with Crippen molar-refractivity contribution in [3.8, 4) is 5.69 Å². The van der Waals surface area contributed by atoms with Crippen LogP contribution in [0.2, 0.25) is 0 Å². The Balaban J connectivity index is 1.85. The number of hydrogen-bond acceptors (Lipinski definition) is 4. The SMILES string of the molecule is COC(=O)c1cc(NC(=O)c2ccn(-c3ccccc3)n2)c(F)cc1F. The van der Waals surface area contributed by atoms with Gasteiger partial charge in [0.05, 0.1) is 24.0 Å². The lowest BCUT2D eigenvalue weighted by Gasteiger charge is -2.08. The van der Waals surface area contributed by atoms with Gasteiger partial charge in [0.25, 0.3) is 5.91 Å². The minimum atomic E-state index is -1.08. The van der Waals surface area contributed by atoms with Gasteiger partial charge in [-0.15, -0.1) is 0 Å². The number of esters is 1. The van der Waals surface area contributed by atoms with E-state index in [1.165, 1.54) is 10.7 Å². The van der Waals surface area contributed by atoms with E-state index in [9.17, 15) is 18.4 Å². The minimum absolute atomic E-state index is 0.0252. The summed E-state index contributed by atoms with van der Waals surface area (Å²) in [4.78, 5) is 23.8. The maximum absolute atomic E-state index is 13.9. The van der Waals surface area contributed by atoms with Crippen LogP contribution in [-0.2, 0) is 4.74 Å². The van der Waals surface area contributed by atoms with Crippen molar-refractivity contribution in [1.29, 1.82) is 0 Å². The Kier molecular flexibility index (Phi) is 4.74. The Labute approximate surface area is 147 Å². The molecule has 0 atom stereocenters. The van der Waals surface area contributed by atoms with Crippen LogP contribution in [0.5, 0.6) is 0 Å². The number of amides is 1. The van der Waals surface area contributed by atoms with Gasteiger partial charge in [-0.2, -0.15) is 5.10 Å². The molecule has 26 heavy (non-hydrogen) atoms. The predicted molar refractivity (Wildman–Crippen MR) is 89.2 cm³/mol. The minimum Gasteiger partial charge on any atom is -0.465 e. The smallest absolute Gasteiger partial charge is 0.340 e. The van der Waals surface area contributed by atoms with Crippen LogP contribution in [0.3, 0.4) is 0 Å². The average molecular weight is 357 g/mol. The molecule has 0 aliphatic heterocycles. The van der Waals surface area contributed by atoms with E-state index in [2.05, 4.69) is 15.2 Å². The number of anilines is 1. The van der Waals surface area contributed by atoms with Crippen LogP contribution in [0.25, 0.3) is 5.69 Å². The van der Waals surface area contributed by atoms with Gasteiger partial charge in [-0.05, 0) is 24.3 Å². The molecule has 0 unspecified atom stereocenters. The third kappa shape index (κ3) is 3.44. The molecule has 6 nitrogen and oxygen atoms in total. The van der Waals surface area contributed by atoms with E-state index in [1.807, 2.05) is 18.2 Å². The fourth-order valence-corrected chi connectivity index (χ4v) is 2.27. The second kappa shape index (κ2) is 7.14. The summed E-state index contributed by atoms with van der Waals surface area (Å²) in [6.45, 7) is 0. The molecule has 1 aromatic heterocycles. The standard InChI is InChI=1S/C18H13F2N3O3/c1-26-18(25)12-9-16(14(20)10-13(12)19)21-17(24)15-7-8-23(22-15)11-5-3-2-4-6-11/h2-10H,1H3,(H,21,24). The zero-order valence-corrected chi connectivity index (χ0v) is 13.6. The van der Waals surface area contributed by atoms with Gasteiger partial charge in [-0.3, -0.25) is 4.79 Å². The highest BCUT2D eigenvalue weighted by Crippen LogP contribution is 2.21. The topological polar surface area (TPSA) is 73.2 Å². The number of carbonyl (C=O) groups is 2. The zero-order chi connectivity index (χ0) is 18.7. The maximum atomic E-state index is 13.9. The number of methoxy groups -OCH3 is 1. The second-order valence-corrected chi connectivity index (χ2v) is 5.24. The van der Waals surface area contributed by atoms with E-state index < -0.39 is 29.1 Å². The van der Waals surface area contributed by atoms with Crippen LogP contribution >= 0.6 is 0 Å². The average Bonchev–Trinajstić information content (AvgIpc) is 3.14. The molecule has 0 bridgehead atoms. The van der Waals surface area contributed by atoms with Crippen molar-refractivity contribution < 1.29 is 23.1 Å². The van der Waals surface area contributed by atoms with Crippen LogP contribution in [0, 0.1) is 11.6 Å². The largest absolute Gasteiger partial charge is 0.465 e. The first-order valence-corrected chi connectivity index (χ1v) is 7.49. The first kappa shape index (κ1) is 17.3. The third-order valence-corrected chi connectivity index (χ3v) is 3.55. The number of rotatable bonds is 4. The van der Waals surface area contributed by atoms with E-state index >= 15 is 0 Å². The van der Waals surface area contributed by atoms with Crippen LogP contribution in [0.4, 0.5) is 14.5 Å². The zero-order valence-electron chi connectivity index (χ0n) is 13.6. The van der Waals surface area contributed by atoms with Gasteiger partial charge < -0.3 is 10.1 Å². The quantitative estimate of drug-likeness (QED) is 0.728. The van der Waals surface area contributed by atoms with Crippen molar-refractivity contribution in [1.82, 2.24) is 9.78 Å². The molecule has 3 rings (SSSR count). The predicted octanol–water partition coefficient (Wildman–Crippen LogP) is 3.19. The van der Waals surface area contributed by atoms with Crippen molar-refractivity contribution in [2.45, 2.75) is 0 Å². The monoisotopic (exact) mass is 357 g/mol. The van der Waals surface area contributed by atoms with Gasteiger partial charge in [0, 0.05) is 12.3 Å². The molecule has 0 saturated heterocycles. The lowest BCUT2D eigenvalue weighted by molar-refractivity contribution is 0.0595. The number of para-hydroxylation sites is 1. The van der Waals surface area contributed by atoms with Crippen molar-refractivity contribution in [3.05, 3.63) is 77.6 Å². The number of nitrogens with one attached hydrogen (secondary N) is 1. The lowest BCUT2D eigenvalue weighted by atomic mass is 10.1. The van der Waals surface area contributed by atoms with Crippen LogP contribution in [0.15, 0.2) is 54.7 Å². The summed E-state index contributed by atoms with van der Waals surface area (Å²) in [6, 6.07) is 11.9. The molecule has 1 heterocycles. The Morgan fingerprint density at radius 2 is 1.81 bits per heavy atom. The van der Waals surface area contributed by atoms with Gasteiger partial charge in [0.1, 0.15) is 11.6 Å². The number of ether oxygens (including phenoxy) is 1. The fraction of sp³-hybridized carbons (Fsp3) is 0.0556. The highest BCUT2D eigenvalue weighted by Gasteiger charge is 2.19. The summed E-state index contributed by atoms with van der Waals surface area (Å²) in [6.07, 6.45) is 1.57. The number of carbonyl (C=O) groups excluding carboxylic acids is 2. The number of nitrogens with zero attached hydrogens (tertiary/aromatic N) is 2. The molecule has 0 aliphatic carbocycles. The highest BCUT2D eigenvalue weighted by atomic mass is 19.1. The molecule has 0 radical (unpaired) electrons. The van der Waals surface area contributed by atoms with Gasteiger partial charge in [-0.25, -0.2) is 18.3 Å². The number of halogens is 2. The van der Waals surface area contributed by atoms with Crippen molar-refractivity contribution in [2.75, 3.05) is 12.4 Å². The number of aromatic nitrogens is 2. The van der Waals surface area contributed by atoms with Crippen LogP contribution in [-0.4, -0.2) is 28.8 Å². The normalized spacial score (nSPS) is 10.4. The summed E-state index contributed by atoms with van der Waals surface area (Å²) < 4.78 is 33.5. The highest BCUT2D eigenvalue weighted by molar-refractivity contribution is 6.03. The van der Waals surface area contributed by atoms with E-state index in [0.717, 1.165) is 18.9 Å². The summed E-state index contributed by atoms with van der Waals surface area (Å²) in [7, 11) is 1.07.